The van der Waals surface area contributed by atoms with Crippen molar-refractivity contribution in [3.8, 4) is 0 Å². The van der Waals surface area contributed by atoms with E-state index in [1.807, 2.05) is 6.08 Å². The summed E-state index contributed by atoms with van der Waals surface area (Å²) < 4.78 is 5.77. The van der Waals surface area contributed by atoms with E-state index in [0.29, 0.717) is 18.3 Å². The van der Waals surface area contributed by atoms with Gasteiger partial charge in [-0.05, 0) is 97.9 Å². The van der Waals surface area contributed by atoms with Gasteiger partial charge in [-0.1, -0.05) is 54.0 Å². The lowest BCUT2D eigenvalue weighted by molar-refractivity contribution is -0.219. The van der Waals surface area contributed by atoms with Crippen molar-refractivity contribution in [2.75, 3.05) is 0 Å². The van der Waals surface area contributed by atoms with Crippen molar-refractivity contribution in [3.63, 3.8) is 0 Å². The monoisotopic (exact) mass is 512 g/mol. The summed E-state index contributed by atoms with van der Waals surface area (Å²) in [5, 5.41) is 10.6. The van der Waals surface area contributed by atoms with Gasteiger partial charge < -0.3 is 9.84 Å². The third-order valence-electron chi connectivity index (χ3n) is 13.5. The summed E-state index contributed by atoms with van der Waals surface area (Å²) in [4.78, 5) is 39.2. The number of carboxylic acid groups (broad SMARTS) is 1. The average Bonchev–Trinajstić information content (AvgIpc) is 2.81. The second-order valence-corrected chi connectivity index (χ2v) is 14.9. The minimum atomic E-state index is -0.647. The van der Waals surface area contributed by atoms with Crippen molar-refractivity contribution in [2.24, 2.45) is 56.7 Å². The second kappa shape index (κ2) is 8.18. The maximum absolute atomic E-state index is 14.4. The van der Waals surface area contributed by atoms with Crippen LogP contribution < -0.4 is 0 Å². The Morgan fingerprint density at radius 2 is 1.62 bits per heavy atom. The van der Waals surface area contributed by atoms with Crippen molar-refractivity contribution in [2.45, 2.75) is 113 Å². The fraction of sp³-hybridized carbons (Fsp3) is 0.844. The number of aliphatic carboxylic acids is 1. The lowest BCUT2D eigenvalue weighted by Gasteiger charge is -2.70. The largest absolute Gasteiger partial charge is 0.481 e. The highest BCUT2D eigenvalue weighted by Crippen LogP contribution is 2.75. The molecule has 4 saturated carbocycles. The molecule has 37 heavy (non-hydrogen) atoms. The summed E-state index contributed by atoms with van der Waals surface area (Å²) in [6.07, 6.45) is 8.64. The van der Waals surface area contributed by atoms with Crippen molar-refractivity contribution >= 4 is 17.7 Å². The van der Waals surface area contributed by atoms with Crippen molar-refractivity contribution in [3.05, 3.63) is 11.6 Å². The normalized spacial score (nSPS) is 50.5. The van der Waals surface area contributed by atoms with E-state index in [2.05, 4.69) is 48.5 Å². The molecule has 1 N–H and O–H groups in total. The van der Waals surface area contributed by atoms with Gasteiger partial charge in [0.2, 0.25) is 0 Å². The van der Waals surface area contributed by atoms with Gasteiger partial charge in [-0.2, -0.15) is 0 Å². The molecular formula is C32H48O5. The molecule has 10 atom stereocenters. The van der Waals surface area contributed by atoms with Gasteiger partial charge in [-0.25, -0.2) is 0 Å². The first-order valence-corrected chi connectivity index (χ1v) is 14.7. The molecule has 0 radical (unpaired) electrons. The second-order valence-electron chi connectivity index (χ2n) is 14.9. The summed E-state index contributed by atoms with van der Waals surface area (Å²) in [5.41, 5.74) is -0.781. The summed E-state index contributed by atoms with van der Waals surface area (Å²) in [6, 6.07) is 0. The molecule has 0 saturated heterocycles. The van der Waals surface area contributed by atoms with Gasteiger partial charge in [0, 0.05) is 17.8 Å². The van der Waals surface area contributed by atoms with Gasteiger partial charge in [-0.3, -0.25) is 14.4 Å². The standard InChI is InChI=1S/C32H48O5/c1-18-11-14-32(27(35)36)16-15-30(7)21(26(32)19(18)2)9-10-22-29(6)13-12-25(37-20(3)33)28(4,5)23(29)17-24(34)31(22,30)8/h17-19,21-22,25-26H,9-16H2,1-8H3,(H,35,36). The molecule has 4 fully saturated rings. The van der Waals surface area contributed by atoms with Gasteiger partial charge in [-0.15, -0.1) is 0 Å². The number of esters is 1. The van der Waals surface area contributed by atoms with E-state index in [4.69, 9.17) is 4.74 Å². The predicted octanol–water partition coefficient (Wildman–Crippen LogP) is 6.84. The molecule has 10 unspecified atom stereocenters. The minimum Gasteiger partial charge on any atom is -0.481 e. The van der Waals surface area contributed by atoms with Gasteiger partial charge in [0.25, 0.3) is 0 Å². The Kier molecular flexibility index (Phi) is 5.95. The molecule has 5 heteroatoms. The fourth-order valence-corrected chi connectivity index (χ4v) is 11.1. The number of allylic oxidation sites excluding steroid dienone is 1. The molecule has 0 amide bonds. The number of carbonyl (C=O) groups excluding carboxylic acids is 2. The zero-order valence-electron chi connectivity index (χ0n) is 24.3. The summed E-state index contributed by atoms with van der Waals surface area (Å²) >= 11 is 0. The van der Waals surface area contributed by atoms with Gasteiger partial charge in [0.05, 0.1) is 5.41 Å². The van der Waals surface area contributed by atoms with Crippen molar-refractivity contribution < 1.29 is 24.2 Å². The minimum absolute atomic E-state index is 0.118. The SMILES string of the molecule is CC(=O)OC1CCC2(C)C(=CC(=O)C3(C)C2CCC2C4C(C)C(C)CCC4(C(=O)O)CCC23C)C1(C)C. The summed E-state index contributed by atoms with van der Waals surface area (Å²) in [5.74, 6) is 0.758. The van der Waals surface area contributed by atoms with Gasteiger partial charge >= 0.3 is 11.9 Å². The van der Waals surface area contributed by atoms with Crippen LogP contribution in [0.2, 0.25) is 0 Å². The van der Waals surface area contributed by atoms with Crippen LogP contribution >= 0.6 is 0 Å². The molecular weight excluding hydrogens is 464 g/mol. The Morgan fingerprint density at radius 1 is 0.946 bits per heavy atom. The van der Waals surface area contributed by atoms with Crippen LogP contribution in [0.5, 0.6) is 0 Å². The first-order valence-electron chi connectivity index (χ1n) is 14.7. The molecule has 0 aromatic carbocycles. The fourth-order valence-electron chi connectivity index (χ4n) is 11.1. The van der Waals surface area contributed by atoms with Crippen LogP contribution in [0.15, 0.2) is 11.6 Å². The Bertz CT molecular complexity index is 1060. The maximum Gasteiger partial charge on any atom is 0.309 e. The highest BCUT2D eigenvalue weighted by atomic mass is 16.5. The molecule has 0 spiro atoms. The molecule has 5 rings (SSSR count). The van der Waals surface area contributed by atoms with Crippen LogP contribution in [-0.4, -0.2) is 28.9 Å². The van der Waals surface area contributed by atoms with Crippen LogP contribution in [0, 0.1) is 56.7 Å². The highest BCUT2D eigenvalue weighted by molar-refractivity contribution is 5.98. The Hall–Kier alpha value is -1.65. The van der Waals surface area contributed by atoms with E-state index in [0.717, 1.165) is 50.5 Å². The van der Waals surface area contributed by atoms with Crippen LogP contribution in [0.4, 0.5) is 0 Å². The first kappa shape index (κ1) is 26.9. The average molecular weight is 513 g/mol. The molecule has 0 aromatic heterocycles. The Labute approximate surface area is 223 Å². The number of hydrogen-bond donors (Lipinski definition) is 1. The summed E-state index contributed by atoms with van der Waals surface area (Å²) in [6.45, 7) is 17.3. The Morgan fingerprint density at radius 3 is 2.24 bits per heavy atom. The number of ketones is 1. The van der Waals surface area contributed by atoms with Crippen LogP contribution in [0.25, 0.3) is 0 Å². The van der Waals surface area contributed by atoms with Crippen LogP contribution in [0.3, 0.4) is 0 Å². The molecule has 206 valence electrons. The molecule has 5 aliphatic carbocycles. The third kappa shape index (κ3) is 3.24. The molecule has 0 aliphatic heterocycles. The maximum atomic E-state index is 14.4. The smallest absolute Gasteiger partial charge is 0.309 e. The molecule has 0 heterocycles. The van der Waals surface area contributed by atoms with Gasteiger partial charge in [0.15, 0.2) is 5.78 Å². The topological polar surface area (TPSA) is 80.7 Å². The summed E-state index contributed by atoms with van der Waals surface area (Å²) in [7, 11) is 0. The van der Waals surface area contributed by atoms with Crippen molar-refractivity contribution in [1.82, 2.24) is 0 Å². The molecule has 0 bridgehead atoms. The number of carboxylic acids is 1. The number of hydrogen-bond acceptors (Lipinski definition) is 4. The zero-order valence-corrected chi connectivity index (χ0v) is 24.3. The lowest BCUT2D eigenvalue weighted by Crippen LogP contribution is -2.68. The molecule has 5 nitrogen and oxygen atoms in total. The van der Waals surface area contributed by atoms with E-state index in [9.17, 15) is 19.5 Å². The number of carbonyl (C=O) groups is 3. The van der Waals surface area contributed by atoms with E-state index >= 15 is 0 Å². The van der Waals surface area contributed by atoms with Crippen LogP contribution in [-0.2, 0) is 19.1 Å². The number of ether oxygens (including phenoxy) is 1. The quantitative estimate of drug-likeness (QED) is 0.410. The number of rotatable bonds is 2. The van der Waals surface area contributed by atoms with Crippen LogP contribution in [0.1, 0.15) is 107 Å². The third-order valence-corrected chi connectivity index (χ3v) is 13.5. The zero-order chi connectivity index (χ0) is 27.3. The van der Waals surface area contributed by atoms with Crippen molar-refractivity contribution in [1.29, 1.82) is 0 Å². The Balaban J connectivity index is 1.61. The van der Waals surface area contributed by atoms with E-state index < -0.39 is 22.2 Å². The lowest BCUT2D eigenvalue weighted by atomic mass is 9.32. The predicted molar refractivity (Wildman–Crippen MR) is 143 cm³/mol. The first-order chi connectivity index (χ1) is 17.1. The van der Waals surface area contributed by atoms with Gasteiger partial charge in [0.1, 0.15) is 6.10 Å². The van der Waals surface area contributed by atoms with E-state index in [1.54, 1.807) is 0 Å². The highest BCUT2D eigenvalue weighted by Gasteiger charge is 2.72. The molecule has 0 aromatic rings. The molecule has 5 aliphatic rings. The van der Waals surface area contributed by atoms with E-state index in [1.165, 1.54) is 6.92 Å². The number of fused-ring (bicyclic) bond motifs is 7. The van der Waals surface area contributed by atoms with E-state index in [-0.39, 0.29) is 46.4 Å².